The van der Waals surface area contributed by atoms with Crippen LogP contribution in [0.15, 0.2) is 12.1 Å². The summed E-state index contributed by atoms with van der Waals surface area (Å²) in [5.41, 5.74) is -0.752. The van der Waals surface area contributed by atoms with E-state index in [2.05, 4.69) is 0 Å². The summed E-state index contributed by atoms with van der Waals surface area (Å²) in [5.74, 6) is -0.926. The van der Waals surface area contributed by atoms with Gasteiger partial charge < -0.3 is 5.11 Å². The molecule has 0 amide bonds. The van der Waals surface area contributed by atoms with E-state index in [0.29, 0.717) is 5.56 Å². The number of hydrogen-bond acceptors (Lipinski definition) is 5. The van der Waals surface area contributed by atoms with Gasteiger partial charge in [-0.3, -0.25) is 20.2 Å². The summed E-state index contributed by atoms with van der Waals surface area (Å²) in [6.45, 7) is 3.79. The summed E-state index contributed by atoms with van der Waals surface area (Å²) in [6, 6.07) is 2.39. The Bertz CT molecular complexity index is 451. The predicted molar refractivity (Wildman–Crippen MR) is 64.7 cm³/mol. The number of phenols is 1. The van der Waals surface area contributed by atoms with Crippen molar-refractivity contribution in [1.29, 1.82) is 0 Å². The number of aromatic hydroxyl groups is 1. The molecule has 1 aromatic rings. The maximum atomic E-state index is 10.8. The lowest BCUT2D eigenvalue weighted by atomic mass is 9.95. The Hall–Kier alpha value is -2.18. The first kappa shape index (κ1) is 13.9. The minimum atomic E-state index is -0.891. The average molecular weight is 254 g/mol. The van der Waals surface area contributed by atoms with E-state index in [9.17, 15) is 25.3 Å². The molecule has 0 fully saturated rings. The van der Waals surface area contributed by atoms with Gasteiger partial charge in [-0.15, -0.1) is 0 Å². The van der Waals surface area contributed by atoms with E-state index < -0.39 is 27.0 Å². The van der Waals surface area contributed by atoms with Crippen molar-refractivity contribution in [2.24, 2.45) is 0 Å². The molecule has 1 atom stereocenters. The molecule has 1 aromatic carbocycles. The van der Waals surface area contributed by atoms with E-state index in [4.69, 9.17) is 0 Å². The lowest BCUT2D eigenvalue weighted by Crippen LogP contribution is -1.99. The van der Waals surface area contributed by atoms with Gasteiger partial charge in [0.05, 0.1) is 9.85 Å². The van der Waals surface area contributed by atoms with Crippen LogP contribution in [0.1, 0.15) is 38.2 Å². The molecule has 0 aliphatic rings. The molecule has 0 saturated carbocycles. The monoisotopic (exact) mass is 254 g/mol. The van der Waals surface area contributed by atoms with Gasteiger partial charge >= 0.3 is 11.4 Å². The number of nitrogens with zero attached hydrogens (tertiary/aromatic N) is 2. The smallest absolute Gasteiger partial charge is 0.318 e. The summed E-state index contributed by atoms with van der Waals surface area (Å²) in [5, 5.41) is 31.0. The quantitative estimate of drug-likeness (QED) is 0.641. The maximum absolute atomic E-state index is 10.8. The summed E-state index contributed by atoms with van der Waals surface area (Å²) in [7, 11) is 0. The van der Waals surface area contributed by atoms with Gasteiger partial charge in [0.15, 0.2) is 0 Å². The molecule has 0 radical (unpaired) electrons. The Morgan fingerprint density at radius 2 is 1.67 bits per heavy atom. The summed E-state index contributed by atoms with van der Waals surface area (Å²) >= 11 is 0. The first-order valence-electron chi connectivity index (χ1n) is 5.54. The molecular weight excluding hydrogens is 240 g/mol. The van der Waals surface area contributed by atoms with Gasteiger partial charge in [-0.25, -0.2) is 0 Å². The minimum Gasteiger partial charge on any atom is -0.497 e. The van der Waals surface area contributed by atoms with Gasteiger partial charge in [0, 0.05) is 12.1 Å². The molecule has 18 heavy (non-hydrogen) atoms. The van der Waals surface area contributed by atoms with Gasteiger partial charge in [0.25, 0.3) is 5.75 Å². The molecular formula is C11H14N2O5. The van der Waals surface area contributed by atoms with Crippen molar-refractivity contribution < 1.29 is 15.0 Å². The highest BCUT2D eigenvalue weighted by Gasteiger charge is 2.27. The third-order valence-corrected chi connectivity index (χ3v) is 2.78. The van der Waals surface area contributed by atoms with Crippen LogP contribution in [-0.2, 0) is 0 Å². The molecule has 0 bridgehead atoms. The highest BCUT2D eigenvalue weighted by molar-refractivity contribution is 5.61. The highest BCUT2D eigenvalue weighted by Crippen LogP contribution is 2.39. The van der Waals surface area contributed by atoms with Crippen molar-refractivity contribution in [2.45, 2.75) is 32.6 Å². The molecule has 0 spiro atoms. The molecule has 1 unspecified atom stereocenters. The fraction of sp³-hybridized carbons (Fsp3) is 0.455. The van der Waals surface area contributed by atoms with Crippen molar-refractivity contribution in [1.82, 2.24) is 0 Å². The molecule has 0 aromatic heterocycles. The number of rotatable bonds is 5. The van der Waals surface area contributed by atoms with Crippen LogP contribution in [0.4, 0.5) is 11.4 Å². The van der Waals surface area contributed by atoms with Crippen LogP contribution in [-0.4, -0.2) is 15.0 Å². The summed E-state index contributed by atoms with van der Waals surface area (Å²) in [4.78, 5) is 19.9. The molecule has 1 rings (SSSR count). The van der Waals surface area contributed by atoms with Gasteiger partial charge in [-0.1, -0.05) is 20.3 Å². The molecule has 1 N–H and O–H groups in total. The largest absolute Gasteiger partial charge is 0.497 e. The maximum Gasteiger partial charge on any atom is 0.318 e. The van der Waals surface area contributed by atoms with Crippen molar-refractivity contribution in [3.8, 4) is 5.75 Å². The zero-order valence-corrected chi connectivity index (χ0v) is 10.1. The number of phenolic OH excluding ortho intramolecular Hbond substituents is 1. The average Bonchev–Trinajstić information content (AvgIpc) is 2.28. The van der Waals surface area contributed by atoms with Gasteiger partial charge in [-0.2, -0.15) is 0 Å². The van der Waals surface area contributed by atoms with E-state index in [1.165, 1.54) is 12.1 Å². The third kappa shape index (κ3) is 2.73. The van der Waals surface area contributed by atoms with Crippen LogP contribution in [0.3, 0.4) is 0 Å². The highest BCUT2D eigenvalue weighted by atomic mass is 16.6. The third-order valence-electron chi connectivity index (χ3n) is 2.78. The van der Waals surface area contributed by atoms with Crippen molar-refractivity contribution >= 4 is 11.4 Å². The normalized spacial score (nSPS) is 12.1. The van der Waals surface area contributed by atoms with Crippen molar-refractivity contribution in [3.05, 3.63) is 37.9 Å². The second-order valence-corrected chi connectivity index (χ2v) is 4.11. The van der Waals surface area contributed by atoms with Crippen molar-refractivity contribution in [2.75, 3.05) is 0 Å². The van der Waals surface area contributed by atoms with Crippen LogP contribution in [0.25, 0.3) is 0 Å². The van der Waals surface area contributed by atoms with Crippen LogP contribution in [0, 0.1) is 20.2 Å². The minimum absolute atomic E-state index is 0.0343. The number of benzene rings is 1. The Kier molecular flexibility index (Phi) is 4.19. The predicted octanol–water partition coefficient (Wildman–Crippen LogP) is 3.11. The lowest BCUT2D eigenvalue weighted by Gasteiger charge is -2.10. The zero-order chi connectivity index (χ0) is 13.9. The molecule has 7 nitrogen and oxygen atoms in total. The Morgan fingerprint density at radius 1 is 1.22 bits per heavy atom. The van der Waals surface area contributed by atoms with E-state index >= 15 is 0 Å². The Morgan fingerprint density at radius 3 is 2.00 bits per heavy atom. The van der Waals surface area contributed by atoms with Gasteiger partial charge in [0.2, 0.25) is 0 Å². The standard InChI is InChI=1S/C11H14N2O5/c1-3-4-7(2)8-5-9(12(15)16)11(14)10(6-8)13(17)18/h5-7,14H,3-4H2,1-2H3. The molecule has 7 heteroatoms. The topological polar surface area (TPSA) is 107 Å². The zero-order valence-electron chi connectivity index (χ0n) is 10.1. The van der Waals surface area contributed by atoms with Gasteiger partial charge in [0.1, 0.15) is 0 Å². The fourth-order valence-corrected chi connectivity index (χ4v) is 1.79. The van der Waals surface area contributed by atoms with E-state index in [1.54, 1.807) is 0 Å². The van der Waals surface area contributed by atoms with Gasteiger partial charge in [-0.05, 0) is 17.9 Å². The second-order valence-electron chi connectivity index (χ2n) is 4.11. The van der Waals surface area contributed by atoms with Crippen LogP contribution >= 0.6 is 0 Å². The van der Waals surface area contributed by atoms with E-state index in [1.807, 2.05) is 13.8 Å². The second kappa shape index (κ2) is 5.44. The summed E-state index contributed by atoms with van der Waals surface area (Å²) < 4.78 is 0. The van der Waals surface area contributed by atoms with Crippen LogP contribution in [0.5, 0.6) is 5.75 Å². The first-order valence-corrected chi connectivity index (χ1v) is 5.54. The molecule has 0 saturated heterocycles. The van der Waals surface area contributed by atoms with E-state index in [-0.39, 0.29) is 5.92 Å². The molecule has 0 heterocycles. The molecule has 98 valence electrons. The number of nitro groups is 2. The SMILES string of the molecule is CCCC(C)c1cc([N+](=O)[O-])c(O)c([N+](=O)[O-])c1. The molecule has 0 aliphatic heterocycles. The fourth-order valence-electron chi connectivity index (χ4n) is 1.79. The van der Waals surface area contributed by atoms with Crippen LogP contribution in [0.2, 0.25) is 0 Å². The number of nitro benzene ring substituents is 2. The first-order chi connectivity index (χ1) is 8.38. The Labute approximate surface area is 103 Å². The van der Waals surface area contributed by atoms with Crippen molar-refractivity contribution in [3.63, 3.8) is 0 Å². The Balaban J connectivity index is 3.38. The van der Waals surface area contributed by atoms with Crippen LogP contribution < -0.4 is 0 Å². The van der Waals surface area contributed by atoms with E-state index in [0.717, 1.165) is 12.8 Å². The lowest BCUT2D eigenvalue weighted by molar-refractivity contribution is -0.396. The summed E-state index contributed by atoms with van der Waals surface area (Å²) in [6.07, 6.45) is 1.63. The number of hydrogen-bond donors (Lipinski definition) is 1. The molecule has 0 aliphatic carbocycles.